The van der Waals surface area contributed by atoms with Crippen LogP contribution in [-0.2, 0) is 5.41 Å². The molecule has 0 unspecified atom stereocenters. The van der Waals surface area contributed by atoms with Crippen molar-refractivity contribution in [3.8, 4) is 11.5 Å². The molecule has 24 heavy (non-hydrogen) atoms. The van der Waals surface area contributed by atoms with Crippen molar-refractivity contribution in [3.63, 3.8) is 0 Å². The first-order valence-corrected chi connectivity index (χ1v) is 8.67. The van der Waals surface area contributed by atoms with Gasteiger partial charge in [0, 0.05) is 5.41 Å². The van der Waals surface area contributed by atoms with E-state index in [0.717, 1.165) is 17.8 Å². The van der Waals surface area contributed by atoms with E-state index >= 15 is 0 Å². The molecule has 1 aromatic carbocycles. The van der Waals surface area contributed by atoms with Crippen LogP contribution in [0, 0.1) is 0 Å². The standard InChI is InChI=1S/C17H23N3O3S/c1-6-17(3,7-2)15-19-20-16(24-15)18-14(21)13-11(22-4)9-8-10-12(13)23-5/h8-10H,6-7H2,1-5H3,(H,18,20,21). The van der Waals surface area contributed by atoms with Gasteiger partial charge in [-0.1, -0.05) is 38.2 Å². The van der Waals surface area contributed by atoms with Crippen molar-refractivity contribution in [1.29, 1.82) is 0 Å². The lowest BCUT2D eigenvalue weighted by molar-refractivity contribution is 0.102. The molecule has 1 N–H and O–H groups in total. The number of nitrogens with one attached hydrogen (secondary N) is 1. The van der Waals surface area contributed by atoms with Gasteiger partial charge in [-0.15, -0.1) is 10.2 Å². The quantitative estimate of drug-likeness (QED) is 0.821. The van der Waals surface area contributed by atoms with E-state index in [1.807, 2.05) is 0 Å². The molecular formula is C17H23N3O3S. The number of amides is 1. The van der Waals surface area contributed by atoms with E-state index in [4.69, 9.17) is 9.47 Å². The number of benzene rings is 1. The third-order valence-electron chi connectivity index (χ3n) is 4.38. The van der Waals surface area contributed by atoms with Gasteiger partial charge in [-0.3, -0.25) is 10.1 Å². The maximum absolute atomic E-state index is 12.6. The average molecular weight is 349 g/mol. The largest absolute Gasteiger partial charge is 0.496 e. The minimum Gasteiger partial charge on any atom is -0.496 e. The lowest BCUT2D eigenvalue weighted by Gasteiger charge is -2.22. The summed E-state index contributed by atoms with van der Waals surface area (Å²) in [5, 5.41) is 12.6. The second kappa shape index (κ2) is 7.61. The number of aromatic nitrogens is 2. The summed E-state index contributed by atoms with van der Waals surface area (Å²) in [4.78, 5) is 12.6. The van der Waals surface area contributed by atoms with E-state index in [1.165, 1.54) is 25.6 Å². The van der Waals surface area contributed by atoms with Gasteiger partial charge in [0.05, 0.1) is 14.2 Å². The molecule has 1 aromatic heterocycles. The molecule has 0 saturated heterocycles. The van der Waals surface area contributed by atoms with Gasteiger partial charge in [-0.2, -0.15) is 0 Å². The molecule has 0 bridgehead atoms. The minimum atomic E-state index is -0.332. The van der Waals surface area contributed by atoms with Crippen LogP contribution in [0.3, 0.4) is 0 Å². The summed E-state index contributed by atoms with van der Waals surface area (Å²) >= 11 is 1.40. The van der Waals surface area contributed by atoms with Gasteiger partial charge >= 0.3 is 0 Å². The summed E-state index contributed by atoms with van der Waals surface area (Å²) in [5.74, 6) is 0.564. The van der Waals surface area contributed by atoms with Crippen LogP contribution in [-0.4, -0.2) is 30.3 Å². The summed E-state index contributed by atoms with van der Waals surface area (Å²) < 4.78 is 10.5. The molecule has 0 fully saturated rings. The van der Waals surface area contributed by atoms with E-state index in [0.29, 0.717) is 22.2 Å². The Morgan fingerprint density at radius 3 is 2.25 bits per heavy atom. The summed E-state index contributed by atoms with van der Waals surface area (Å²) in [6.07, 6.45) is 1.93. The van der Waals surface area contributed by atoms with Crippen molar-refractivity contribution in [2.75, 3.05) is 19.5 Å². The summed E-state index contributed by atoms with van der Waals surface area (Å²) in [7, 11) is 3.03. The molecule has 0 aliphatic heterocycles. The Balaban J connectivity index is 2.27. The molecular weight excluding hydrogens is 326 g/mol. The zero-order chi connectivity index (χ0) is 17.7. The highest BCUT2D eigenvalue weighted by Crippen LogP contribution is 2.35. The number of rotatable bonds is 7. The Kier molecular flexibility index (Phi) is 5.77. The molecule has 0 radical (unpaired) electrons. The molecule has 0 atom stereocenters. The Hall–Kier alpha value is -2.15. The van der Waals surface area contributed by atoms with Crippen LogP contribution < -0.4 is 14.8 Å². The Morgan fingerprint density at radius 1 is 1.17 bits per heavy atom. The molecule has 0 saturated carbocycles. The fourth-order valence-corrected chi connectivity index (χ4v) is 3.33. The smallest absolute Gasteiger partial charge is 0.265 e. The number of hydrogen-bond acceptors (Lipinski definition) is 6. The number of hydrogen-bond donors (Lipinski definition) is 1. The normalized spacial score (nSPS) is 11.2. The lowest BCUT2D eigenvalue weighted by Crippen LogP contribution is -2.19. The van der Waals surface area contributed by atoms with Gasteiger partial charge < -0.3 is 9.47 Å². The number of nitrogens with zero attached hydrogens (tertiary/aromatic N) is 2. The Labute approximate surface area is 146 Å². The van der Waals surface area contributed by atoms with E-state index in [2.05, 4.69) is 36.3 Å². The van der Waals surface area contributed by atoms with Gasteiger partial charge in [-0.25, -0.2) is 0 Å². The predicted octanol–water partition coefficient (Wildman–Crippen LogP) is 3.89. The second-order valence-corrected chi connectivity index (χ2v) is 6.65. The van der Waals surface area contributed by atoms with Crippen molar-refractivity contribution in [2.24, 2.45) is 0 Å². The van der Waals surface area contributed by atoms with Crippen molar-refractivity contribution in [3.05, 3.63) is 28.8 Å². The first-order valence-electron chi connectivity index (χ1n) is 7.85. The molecule has 130 valence electrons. The third kappa shape index (κ3) is 3.51. The first-order chi connectivity index (χ1) is 11.5. The van der Waals surface area contributed by atoms with Crippen molar-refractivity contribution in [2.45, 2.75) is 39.0 Å². The number of carbonyl (C=O) groups excluding carboxylic acids is 1. The highest BCUT2D eigenvalue weighted by molar-refractivity contribution is 7.15. The van der Waals surface area contributed by atoms with E-state index in [1.54, 1.807) is 18.2 Å². The van der Waals surface area contributed by atoms with Crippen LogP contribution in [0.25, 0.3) is 0 Å². The minimum absolute atomic E-state index is 0.0250. The first kappa shape index (κ1) is 18.2. The van der Waals surface area contributed by atoms with Crippen LogP contribution in [0.2, 0.25) is 0 Å². The van der Waals surface area contributed by atoms with Gasteiger partial charge in [0.2, 0.25) is 5.13 Å². The topological polar surface area (TPSA) is 73.3 Å². The molecule has 0 spiro atoms. The summed E-state index contributed by atoms with van der Waals surface area (Å²) in [6, 6.07) is 5.20. The molecule has 7 heteroatoms. The van der Waals surface area contributed by atoms with Crippen molar-refractivity contribution in [1.82, 2.24) is 10.2 Å². The van der Waals surface area contributed by atoms with Crippen LogP contribution in [0.5, 0.6) is 11.5 Å². The van der Waals surface area contributed by atoms with Crippen molar-refractivity contribution < 1.29 is 14.3 Å². The fraction of sp³-hybridized carbons (Fsp3) is 0.471. The summed E-state index contributed by atoms with van der Waals surface area (Å²) in [6.45, 7) is 6.41. The van der Waals surface area contributed by atoms with Crippen LogP contribution in [0.4, 0.5) is 5.13 Å². The Bertz CT molecular complexity index is 689. The van der Waals surface area contributed by atoms with Crippen LogP contribution in [0.1, 0.15) is 49.0 Å². The van der Waals surface area contributed by atoms with Crippen molar-refractivity contribution >= 4 is 22.4 Å². The zero-order valence-corrected chi connectivity index (χ0v) is 15.5. The average Bonchev–Trinajstić information content (AvgIpc) is 3.09. The maximum Gasteiger partial charge on any atom is 0.265 e. The maximum atomic E-state index is 12.6. The molecule has 2 rings (SSSR count). The van der Waals surface area contributed by atoms with Crippen LogP contribution >= 0.6 is 11.3 Å². The van der Waals surface area contributed by atoms with E-state index in [9.17, 15) is 4.79 Å². The molecule has 1 heterocycles. The molecule has 1 amide bonds. The number of carbonyl (C=O) groups is 1. The molecule has 6 nitrogen and oxygen atoms in total. The monoisotopic (exact) mass is 349 g/mol. The molecule has 0 aliphatic rings. The predicted molar refractivity (Wildman–Crippen MR) is 95.3 cm³/mol. The number of ether oxygens (including phenoxy) is 2. The highest BCUT2D eigenvalue weighted by atomic mass is 32.1. The Morgan fingerprint density at radius 2 is 1.75 bits per heavy atom. The molecule has 0 aliphatic carbocycles. The summed E-state index contributed by atoms with van der Waals surface area (Å²) in [5.41, 5.74) is 0.316. The molecule has 2 aromatic rings. The van der Waals surface area contributed by atoms with E-state index in [-0.39, 0.29) is 11.3 Å². The number of anilines is 1. The fourth-order valence-electron chi connectivity index (χ4n) is 2.30. The number of methoxy groups -OCH3 is 2. The lowest BCUT2D eigenvalue weighted by atomic mass is 9.86. The van der Waals surface area contributed by atoms with Gasteiger partial charge in [0.1, 0.15) is 22.1 Å². The van der Waals surface area contributed by atoms with Crippen LogP contribution in [0.15, 0.2) is 18.2 Å². The zero-order valence-electron chi connectivity index (χ0n) is 14.7. The van der Waals surface area contributed by atoms with Gasteiger partial charge in [0.15, 0.2) is 0 Å². The van der Waals surface area contributed by atoms with Gasteiger partial charge in [-0.05, 0) is 25.0 Å². The van der Waals surface area contributed by atoms with E-state index < -0.39 is 0 Å². The highest BCUT2D eigenvalue weighted by Gasteiger charge is 2.27. The second-order valence-electron chi connectivity index (χ2n) is 5.67. The SMILES string of the molecule is CCC(C)(CC)c1nnc(NC(=O)c2c(OC)cccc2OC)s1. The third-order valence-corrected chi connectivity index (χ3v) is 5.52. The van der Waals surface area contributed by atoms with Gasteiger partial charge in [0.25, 0.3) is 5.91 Å².